The third-order valence-corrected chi connectivity index (χ3v) is 5.63. The molecule has 1 aliphatic heterocycles. The summed E-state index contributed by atoms with van der Waals surface area (Å²) in [5.41, 5.74) is 1.60. The summed E-state index contributed by atoms with van der Waals surface area (Å²) in [6, 6.07) is 8.06. The van der Waals surface area contributed by atoms with E-state index in [1.165, 1.54) is 11.3 Å². The van der Waals surface area contributed by atoms with E-state index in [0.717, 1.165) is 16.9 Å². The molecule has 0 bridgehead atoms. The van der Waals surface area contributed by atoms with Crippen molar-refractivity contribution in [1.29, 1.82) is 0 Å². The van der Waals surface area contributed by atoms with Crippen molar-refractivity contribution in [2.45, 2.75) is 32.4 Å². The molecule has 0 aliphatic carbocycles. The molecule has 1 N–H and O–H groups in total. The Bertz CT molecular complexity index is 804. The molecular formula is C18H18ClNO4S. The first-order valence-corrected chi connectivity index (χ1v) is 9.22. The maximum absolute atomic E-state index is 11.9. The van der Waals surface area contributed by atoms with Crippen molar-refractivity contribution in [3.63, 3.8) is 0 Å². The van der Waals surface area contributed by atoms with Crippen LogP contribution in [0.15, 0.2) is 30.3 Å². The summed E-state index contributed by atoms with van der Waals surface area (Å²) < 4.78 is 5.29. The number of hydrogen-bond donors (Lipinski definition) is 1. The third kappa shape index (κ3) is 3.86. The minimum atomic E-state index is -0.926. The quantitative estimate of drug-likeness (QED) is 0.798. The van der Waals surface area contributed by atoms with Crippen molar-refractivity contribution in [3.05, 3.63) is 51.4 Å². The molecule has 1 aromatic heterocycles. The highest BCUT2D eigenvalue weighted by atomic mass is 35.5. The van der Waals surface area contributed by atoms with Gasteiger partial charge in [-0.2, -0.15) is 0 Å². The molecular weight excluding hydrogens is 362 g/mol. The van der Waals surface area contributed by atoms with Crippen molar-refractivity contribution < 1.29 is 19.4 Å². The fraction of sp³-hybridized carbons (Fsp3) is 0.333. The normalized spacial score (nSPS) is 15.4. The molecule has 25 heavy (non-hydrogen) atoms. The van der Waals surface area contributed by atoms with Gasteiger partial charge in [-0.1, -0.05) is 36.7 Å². The smallest absolute Gasteiger partial charge is 0.325 e. The van der Waals surface area contributed by atoms with Crippen LogP contribution in [-0.2, 0) is 22.6 Å². The highest BCUT2D eigenvalue weighted by molar-refractivity contribution is 7.14. The first kappa shape index (κ1) is 17.9. The fourth-order valence-corrected chi connectivity index (χ4v) is 4.23. The summed E-state index contributed by atoms with van der Waals surface area (Å²) in [6.07, 6.45) is 1.04. The largest absolute Gasteiger partial charge is 0.480 e. The number of aliphatic carboxylic acids is 1. The molecule has 5 nitrogen and oxygen atoms in total. The van der Waals surface area contributed by atoms with Crippen LogP contribution < -0.4 is 4.74 Å². The van der Waals surface area contributed by atoms with Crippen LogP contribution in [0.3, 0.4) is 0 Å². The van der Waals surface area contributed by atoms with Crippen LogP contribution >= 0.6 is 22.9 Å². The predicted octanol–water partition coefficient (Wildman–Crippen LogP) is 3.90. The van der Waals surface area contributed by atoms with Gasteiger partial charge in [0, 0.05) is 29.4 Å². The number of nitrogens with zero attached hydrogens (tertiary/aromatic N) is 1. The Hall–Kier alpha value is -1.89. The Morgan fingerprint density at radius 1 is 1.40 bits per heavy atom. The monoisotopic (exact) mass is 379 g/mol. The number of rotatable bonds is 5. The average Bonchev–Trinajstić information content (AvgIpc) is 2.98. The van der Waals surface area contributed by atoms with Gasteiger partial charge in [0.15, 0.2) is 5.06 Å². The fourth-order valence-electron chi connectivity index (χ4n) is 2.97. The number of ether oxygens (including phenoxy) is 1. The lowest BCUT2D eigenvalue weighted by Crippen LogP contribution is -2.37. The van der Waals surface area contributed by atoms with E-state index in [-0.39, 0.29) is 5.97 Å². The second kappa shape index (κ2) is 7.56. The Kier molecular flexibility index (Phi) is 5.42. The lowest BCUT2D eigenvalue weighted by molar-refractivity contribution is -0.144. The molecule has 1 atom stereocenters. The molecule has 1 aromatic carbocycles. The van der Waals surface area contributed by atoms with E-state index in [9.17, 15) is 14.7 Å². The Morgan fingerprint density at radius 3 is 2.84 bits per heavy atom. The number of esters is 1. The highest BCUT2D eigenvalue weighted by Gasteiger charge is 2.32. The number of halogens is 1. The zero-order chi connectivity index (χ0) is 18.0. The maximum atomic E-state index is 11.9. The first-order valence-electron chi connectivity index (χ1n) is 8.03. The van der Waals surface area contributed by atoms with Gasteiger partial charge in [-0.3, -0.25) is 14.5 Å². The summed E-state index contributed by atoms with van der Waals surface area (Å²) >= 11 is 7.67. The molecule has 0 fully saturated rings. The zero-order valence-electron chi connectivity index (χ0n) is 13.7. The van der Waals surface area contributed by atoms with Crippen LogP contribution in [0.2, 0.25) is 5.02 Å². The number of thiophene rings is 1. The Labute approximate surface area is 154 Å². The number of carboxylic acid groups (broad SMARTS) is 1. The molecule has 1 aliphatic rings. The van der Waals surface area contributed by atoms with Gasteiger partial charge in [-0.25, -0.2) is 0 Å². The molecule has 0 saturated heterocycles. The number of carboxylic acids is 1. The highest BCUT2D eigenvalue weighted by Crippen LogP contribution is 2.37. The van der Waals surface area contributed by atoms with E-state index in [2.05, 4.69) is 0 Å². The molecule has 0 unspecified atom stereocenters. The molecule has 0 saturated carbocycles. The molecule has 2 aromatic rings. The van der Waals surface area contributed by atoms with Crippen molar-refractivity contribution >= 4 is 34.9 Å². The van der Waals surface area contributed by atoms with Crippen molar-refractivity contribution in [3.8, 4) is 5.06 Å². The van der Waals surface area contributed by atoms with Crippen molar-refractivity contribution in [2.75, 3.05) is 6.54 Å². The lowest BCUT2D eigenvalue weighted by atomic mass is 10.0. The van der Waals surface area contributed by atoms with E-state index in [0.29, 0.717) is 35.2 Å². The topological polar surface area (TPSA) is 66.8 Å². The van der Waals surface area contributed by atoms with Crippen LogP contribution in [0.4, 0.5) is 0 Å². The predicted molar refractivity (Wildman–Crippen MR) is 96.2 cm³/mol. The number of carbonyl (C=O) groups is 2. The average molecular weight is 380 g/mol. The van der Waals surface area contributed by atoms with E-state index in [1.54, 1.807) is 31.2 Å². The standard InChI is InChI=1S/C18H18ClNO4S/c1-2-15(21)24-16-9-11-10-20(8-7-14(11)25-16)17(18(22)23)12-5-3-4-6-13(12)19/h3-6,9,17H,2,7-8,10H2,1H3,(H,22,23)/t17-/m0/s1. The summed E-state index contributed by atoms with van der Waals surface area (Å²) in [4.78, 5) is 26.4. The first-order chi connectivity index (χ1) is 12.0. The van der Waals surface area contributed by atoms with E-state index in [1.807, 2.05) is 11.0 Å². The molecule has 2 heterocycles. The van der Waals surface area contributed by atoms with Gasteiger partial charge in [-0.15, -0.1) is 11.3 Å². The summed E-state index contributed by atoms with van der Waals surface area (Å²) in [5.74, 6) is -1.20. The zero-order valence-corrected chi connectivity index (χ0v) is 15.3. The minimum absolute atomic E-state index is 0.269. The third-order valence-electron chi connectivity index (χ3n) is 4.18. The van der Waals surface area contributed by atoms with Gasteiger partial charge in [-0.05, 0) is 29.7 Å². The molecule has 0 radical (unpaired) electrons. The summed E-state index contributed by atoms with van der Waals surface area (Å²) in [6.45, 7) is 2.84. The van der Waals surface area contributed by atoms with Gasteiger partial charge < -0.3 is 9.84 Å². The molecule has 0 amide bonds. The Balaban J connectivity index is 1.84. The second-order valence-corrected chi connectivity index (χ2v) is 7.33. The Morgan fingerprint density at radius 2 is 2.16 bits per heavy atom. The SMILES string of the molecule is CCC(=O)Oc1cc2c(s1)CCN([C@H](C(=O)O)c1ccccc1Cl)C2. The molecule has 0 spiro atoms. The van der Waals surface area contributed by atoms with Gasteiger partial charge in [0.2, 0.25) is 0 Å². The van der Waals surface area contributed by atoms with Crippen molar-refractivity contribution in [1.82, 2.24) is 4.90 Å². The number of fused-ring (bicyclic) bond motifs is 1. The number of carbonyl (C=O) groups excluding carboxylic acids is 1. The number of hydrogen-bond acceptors (Lipinski definition) is 5. The summed E-state index contributed by atoms with van der Waals surface area (Å²) in [7, 11) is 0. The van der Waals surface area contributed by atoms with E-state index < -0.39 is 12.0 Å². The van der Waals surface area contributed by atoms with E-state index in [4.69, 9.17) is 16.3 Å². The van der Waals surface area contributed by atoms with Gasteiger partial charge in [0.1, 0.15) is 6.04 Å². The maximum Gasteiger partial charge on any atom is 0.325 e. The van der Waals surface area contributed by atoms with Crippen LogP contribution in [0, 0.1) is 0 Å². The molecule has 7 heteroatoms. The van der Waals surface area contributed by atoms with Crippen LogP contribution in [0.25, 0.3) is 0 Å². The summed E-state index contributed by atoms with van der Waals surface area (Å²) in [5, 5.41) is 10.8. The van der Waals surface area contributed by atoms with Crippen LogP contribution in [0.5, 0.6) is 5.06 Å². The van der Waals surface area contributed by atoms with Gasteiger partial charge in [0.05, 0.1) is 0 Å². The van der Waals surface area contributed by atoms with E-state index >= 15 is 0 Å². The van der Waals surface area contributed by atoms with Gasteiger partial charge in [0.25, 0.3) is 0 Å². The molecule has 132 valence electrons. The minimum Gasteiger partial charge on any atom is -0.480 e. The molecule has 3 rings (SSSR count). The van der Waals surface area contributed by atoms with Gasteiger partial charge >= 0.3 is 11.9 Å². The van der Waals surface area contributed by atoms with Crippen LogP contribution in [0.1, 0.15) is 35.4 Å². The van der Waals surface area contributed by atoms with Crippen molar-refractivity contribution in [2.24, 2.45) is 0 Å². The van der Waals surface area contributed by atoms with Crippen LogP contribution in [-0.4, -0.2) is 28.5 Å². The number of benzene rings is 1. The lowest BCUT2D eigenvalue weighted by Gasteiger charge is -2.32. The second-order valence-electron chi connectivity index (χ2n) is 5.82.